The topological polar surface area (TPSA) is 63.4 Å². The van der Waals surface area contributed by atoms with Crippen molar-refractivity contribution >= 4 is 43.6 Å². The Morgan fingerprint density at radius 1 is 1.17 bits per heavy atom. The van der Waals surface area contributed by atoms with Crippen LogP contribution in [0.5, 0.6) is 0 Å². The molecule has 8 radical (unpaired) electrons. The summed E-state index contributed by atoms with van der Waals surface area (Å²) in [5.74, 6) is -0.200. The number of aryl methyl sites for hydroxylation is 1. The first-order valence-corrected chi connectivity index (χ1v) is 7.26. The molecule has 1 aliphatic heterocycles. The van der Waals surface area contributed by atoms with E-state index in [1.54, 1.807) is 24.3 Å². The van der Waals surface area contributed by atoms with Gasteiger partial charge in [0, 0.05) is 12.8 Å². The number of rotatable bonds is 4. The summed E-state index contributed by atoms with van der Waals surface area (Å²) >= 11 is 0. The van der Waals surface area contributed by atoms with Gasteiger partial charge in [0.15, 0.2) is 12.2 Å². The maximum Gasteiger partial charge on any atom is 0.221 e. The van der Waals surface area contributed by atoms with Gasteiger partial charge in [0.2, 0.25) is 5.91 Å². The van der Waals surface area contributed by atoms with Crippen molar-refractivity contribution < 1.29 is 14.0 Å². The van der Waals surface area contributed by atoms with Crippen LogP contribution < -0.4 is 0 Å². The molecule has 3 rings (SSSR count). The van der Waals surface area contributed by atoms with Crippen LogP contribution in [0.15, 0.2) is 34.9 Å². The number of oxazole rings is 1. The van der Waals surface area contributed by atoms with E-state index in [2.05, 4.69) is 4.98 Å². The van der Waals surface area contributed by atoms with Gasteiger partial charge < -0.3 is 9.32 Å². The number of hydrogen-bond donors (Lipinski definition) is 0. The fraction of sp³-hybridized carbons (Fsp3) is 0.267. The highest BCUT2D eigenvalue weighted by Gasteiger charge is 2.48. The van der Waals surface area contributed by atoms with Crippen molar-refractivity contribution in [3.8, 4) is 0 Å². The van der Waals surface area contributed by atoms with Gasteiger partial charge in [0.1, 0.15) is 12.0 Å². The number of hydrogen-bond acceptors (Lipinski definition) is 4. The van der Waals surface area contributed by atoms with Crippen molar-refractivity contribution in [2.24, 2.45) is 0 Å². The van der Waals surface area contributed by atoms with Crippen LogP contribution in [0.2, 0.25) is 0 Å². The van der Waals surface area contributed by atoms with Crippen LogP contribution in [0.1, 0.15) is 33.9 Å². The Labute approximate surface area is 144 Å². The number of aromatic nitrogens is 1. The van der Waals surface area contributed by atoms with Crippen molar-refractivity contribution in [1.29, 1.82) is 0 Å². The second-order valence-corrected chi connectivity index (χ2v) is 5.71. The zero-order chi connectivity index (χ0) is 17.5. The third kappa shape index (κ3) is 2.52. The lowest BCUT2D eigenvalue weighted by Gasteiger charge is -2.43. The molecule has 0 fully saturated rings. The van der Waals surface area contributed by atoms with E-state index in [1.807, 2.05) is 0 Å². The highest BCUT2D eigenvalue weighted by molar-refractivity contribution is 6.47. The largest absolute Gasteiger partial charge is 0.448 e. The lowest BCUT2D eigenvalue weighted by molar-refractivity contribution is -0.134. The highest BCUT2D eigenvalue weighted by atomic mass is 16.3. The molecule has 24 heavy (non-hydrogen) atoms. The zero-order valence-corrected chi connectivity index (χ0v) is 12.8. The number of carbonyl (C=O) groups excluding carboxylic acids is 2. The first kappa shape index (κ1) is 16.7. The molecule has 1 amide bonds. The fourth-order valence-corrected chi connectivity index (χ4v) is 2.96. The average Bonchev–Trinajstić information content (AvgIpc) is 3.06. The summed E-state index contributed by atoms with van der Waals surface area (Å²) in [4.78, 5) is 28.2. The molecule has 0 bridgehead atoms. The predicted octanol–water partition coefficient (Wildman–Crippen LogP) is -0.143. The molecule has 0 unspecified atom stereocenters. The molecule has 2 heterocycles. The van der Waals surface area contributed by atoms with E-state index in [-0.39, 0.29) is 24.4 Å². The first-order chi connectivity index (χ1) is 11.3. The van der Waals surface area contributed by atoms with Crippen LogP contribution in [0.3, 0.4) is 0 Å². The van der Waals surface area contributed by atoms with Gasteiger partial charge in [-0.15, -0.1) is 0 Å². The molecule has 0 atom stereocenters. The molecular weight excluding hydrogens is 299 g/mol. The molecule has 9 heteroatoms. The van der Waals surface area contributed by atoms with Crippen LogP contribution in [0.25, 0.3) is 0 Å². The fourth-order valence-electron chi connectivity index (χ4n) is 2.96. The molecule has 1 aromatic heterocycles. The van der Waals surface area contributed by atoms with E-state index in [9.17, 15) is 9.59 Å². The molecule has 1 aliphatic rings. The van der Waals surface area contributed by atoms with Gasteiger partial charge in [-0.3, -0.25) is 9.59 Å². The van der Waals surface area contributed by atoms with Crippen LogP contribution in [0.4, 0.5) is 0 Å². The van der Waals surface area contributed by atoms with Gasteiger partial charge in [0.25, 0.3) is 0 Å². The second kappa shape index (κ2) is 5.72. The van der Waals surface area contributed by atoms with Gasteiger partial charge in [0.05, 0.1) is 31.4 Å². The molecule has 0 aliphatic carbocycles. The Kier molecular flexibility index (Phi) is 3.98. The summed E-state index contributed by atoms with van der Waals surface area (Å²) in [5.41, 5.74) is 1.13. The van der Waals surface area contributed by atoms with Gasteiger partial charge in [-0.25, -0.2) is 4.98 Å². The summed E-state index contributed by atoms with van der Waals surface area (Å²) in [7, 11) is 24.6. The Morgan fingerprint density at radius 3 is 2.25 bits per heavy atom. The minimum absolute atomic E-state index is 0.0287. The van der Waals surface area contributed by atoms with Crippen molar-refractivity contribution in [2.45, 2.75) is 23.5 Å². The maximum atomic E-state index is 12.7. The van der Waals surface area contributed by atoms with Crippen molar-refractivity contribution in [2.75, 3.05) is 0 Å². The number of benzene rings is 1. The Bertz CT molecular complexity index is 769. The van der Waals surface area contributed by atoms with Gasteiger partial charge in [-0.1, -0.05) is 24.3 Å². The molecule has 0 saturated heterocycles. The van der Waals surface area contributed by atoms with Crippen molar-refractivity contribution in [3.05, 3.63) is 53.2 Å². The van der Waals surface area contributed by atoms with E-state index >= 15 is 0 Å². The summed E-state index contributed by atoms with van der Waals surface area (Å²) in [6.45, 7) is 0. The summed E-state index contributed by atoms with van der Waals surface area (Å²) < 4.78 is 5.10. The molecule has 0 saturated carbocycles. The number of amides is 1. The Hall–Kier alpha value is -2.17. The monoisotopic (exact) mass is 310 g/mol. The third-order valence-corrected chi connectivity index (χ3v) is 4.02. The van der Waals surface area contributed by atoms with E-state index in [1.165, 1.54) is 6.26 Å². The molecule has 110 valence electrons. The van der Waals surface area contributed by atoms with Gasteiger partial charge in [-0.2, -0.15) is 0 Å². The van der Waals surface area contributed by atoms with Crippen molar-refractivity contribution in [3.63, 3.8) is 0 Å². The van der Waals surface area contributed by atoms with Gasteiger partial charge in [-0.05, 0) is 21.8 Å². The third-order valence-electron chi connectivity index (χ3n) is 4.02. The predicted molar refractivity (Wildman–Crippen MR) is 89.9 cm³/mol. The SMILES string of the molecule is [B]C1([B])c2ccccc2C([B])([B])N1C(=O)CCc1nc(C=O)co1. The smallest absolute Gasteiger partial charge is 0.221 e. The summed E-state index contributed by atoms with van der Waals surface area (Å²) in [6.07, 6.45) is 1.90. The number of fused-ring (bicyclic) bond motifs is 1. The second-order valence-electron chi connectivity index (χ2n) is 5.71. The maximum absolute atomic E-state index is 12.7. The van der Waals surface area contributed by atoms with Crippen LogP contribution in [-0.2, 0) is 21.9 Å². The Balaban J connectivity index is 1.83. The molecule has 0 spiro atoms. The van der Waals surface area contributed by atoms with Crippen LogP contribution in [-0.4, -0.2) is 53.5 Å². The van der Waals surface area contributed by atoms with E-state index < -0.39 is 16.6 Å². The lowest BCUT2D eigenvalue weighted by Crippen LogP contribution is -2.56. The van der Waals surface area contributed by atoms with E-state index in [0.717, 1.165) is 4.90 Å². The summed E-state index contributed by atoms with van der Waals surface area (Å²) in [5, 5.41) is -3.25. The average molecular weight is 310 g/mol. The minimum atomic E-state index is -1.62. The molecule has 0 N–H and O–H groups in total. The standard InChI is InChI=1S/C15H10B4N2O3/c16-14(17)10-3-1-2-4-11(10)15(18,19)21(14)13(23)6-5-12-20-9(7-22)8-24-12/h1-4,7-8H,5-6H2. The van der Waals surface area contributed by atoms with Crippen LogP contribution >= 0.6 is 0 Å². The minimum Gasteiger partial charge on any atom is -0.448 e. The highest BCUT2D eigenvalue weighted by Crippen LogP contribution is 2.43. The van der Waals surface area contributed by atoms with Crippen LogP contribution in [0, 0.1) is 0 Å². The molecule has 1 aromatic carbocycles. The van der Waals surface area contributed by atoms with E-state index in [0.29, 0.717) is 17.4 Å². The molecular formula is C15H10B4N2O3. The van der Waals surface area contributed by atoms with Crippen molar-refractivity contribution in [1.82, 2.24) is 9.88 Å². The lowest BCUT2D eigenvalue weighted by atomic mass is 9.56. The summed E-state index contributed by atoms with van der Waals surface area (Å²) in [6, 6.07) is 6.85. The Morgan fingerprint density at radius 2 is 1.75 bits per heavy atom. The number of nitrogens with zero attached hydrogens (tertiary/aromatic N) is 2. The van der Waals surface area contributed by atoms with E-state index in [4.69, 9.17) is 35.8 Å². The normalized spacial score (nSPS) is 17.4. The number of carbonyl (C=O) groups is 2. The quantitative estimate of drug-likeness (QED) is 0.582. The van der Waals surface area contributed by atoms with Gasteiger partial charge >= 0.3 is 0 Å². The molecule has 2 aromatic rings. The number of aldehydes is 1. The molecule has 5 nitrogen and oxygen atoms in total. The first-order valence-electron chi connectivity index (χ1n) is 7.26. The zero-order valence-electron chi connectivity index (χ0n) is 12.8.